The molecule has 0 saturated heterocycles. The second-order valence-corrected chi connectivity index (χ2v) is 7.95. The standard InChI is InChI=1S/C23H17NS/c1-3-18-13(2)14-8-6-9-17-21-19(24(18)22(14)17)12-11-16-15-7-4-5-10-20(15)25-23(16)21/h4-12H,3H2,1-2H3. The number of aryl methyl sites for hydroxylation is 2. The van der Waals surface area contributed by atoms with Gasteiger partial charge in [-0.1, -0.05) is 49.4 Å². The Hall–Kier alpha value is -2.58. The first-order valence-corrected chi connectivity index (χ1v) is 9.69. The van der Waals surface area contributed by atoms with E-state index in [9.17, 15) is 0 Å². The van der Waals surface area contributed by atoms with Crippen LogP contribution >= 0.6 is 11.3 Å². The molecule has 25 heavy (non-hydrogen) atoms. The summed E-state index contributed by atoms with van der Waals surface area (Å²) in [6.45, 7) is 4.53. The van der Waals surface area contributed by atoms with Crippen molar-refractivity contribution in [2.75, 3.05) is 0 Å². The molecule has 3 aromatic heterocycles. The molecule has 6 rings (SSSR count). The molecule has 0 N–H and O–H groups in total. The van der Waals surface area contributed by atoms with Gasteiger partial charge in [-0.25, -0.2) is 0 Å². The molecule has 0 amide bonds. The van der Waals surface area contributed by atoms with E-state index >= 15 is 0 Å². The fraction of sp³-hybridized carbons (Fsp3) is 0.130. The molecule has 0 unspecified atom stereocenters. The molecule has 0 aliphatic carbocycles. The van der Waals surface area contributed by atoms with E-state index in [4.69, 9.17) is 0 Å². The highest BCUT2D eigenvalue weighted by atomic mass is 32.1. The molecule has 0 atom stereocenters. The zero-order chi connectivity index (χ0) is 16.7. The zero-order valence-corrected chi connectivity index (χ0v) is 15.1. The maximum atomic E-state index is 2.51. The minimum atomic E-state index is 1.06. The Morgan fingerprint density at radius 1 is 0.840 bits per heavy atom. The van der Waals surface area contributed by atoms with Gasteiger partial charge < -0.3 is 4.40 Å². The van der Waals surface area contributed by atoms with Crippen molar-refractivity contribution in [2.24, 2.45) is 0 Å². The third-order valence-electron chi connectivity index (χ3n) is 5.74. The normalized spacial score (nSPS) is 12.6. The number of hydrogen-bond donors (Lipinski definition) is 0. The van der Waals surface area contributed by atoms with Gasteiger partial charge in [0.2, 0.25) is 0 Å². The second kappa shape index (κ2) is 4.53. The molecule has 0 fully saturated rings. The molecule has 0 saturated carbocycles. The first-order chi connectivity index (χ1) is 12.3. The van der Waals surface area contributed by atoms with E-state index in [-0.39, 0.29) is 0 Å². The highest BCUT2D eigenvalue weighted by Crippen LogP contribution is 2.44. The second-order valence-electron chi connectivity index (χ2n) is 6.90. The van der Waals surface area contributed by atoms with Crippen molar-refractivity contribution in [3.05, 3.63) is 65.9 Å². The van der Waals surface area contributed by atoms with Gasteiger partial charge in [0.05, 0.1) is 11.0 Å². The number of rotatable bonds is 1. The summed E-state index contributed by atoms with van der Waals surface area (Å²) < 4.78 is 5.32. The Kier molecular flexibility index (Phi) is 2.48. The average Bonchev–Trinajstić information content (AvgIpc) is 3.27. The van der Waals surface area contributed by atoms with Crippen LogP contribution in [-0.4, -0.2) is 4.40 Å². The lowest BCUT2D eigenvalue weighted by atomic mass is 10.0. The number of nitrogens with zero attached hydrogens (tertiary/aromatic N) is 1. The third-order valence-corrected chi connectivity index (χ3v) is 6.94. The summed E-state index contributed by atoms with van der Waals surface area (Å²) in [6.07, 6.45) is 1.06. The van der Waals surface area contributed by atoms with Crippen molar-refractivity contribution in [3.63, 3.8) is 0 Å². The van der Waals surface area contributed by atoms with Crippen LogP contribution in [0.25, 0.3) is 47.4 Å². The summed E-state index contributed by atoms with van der Waals surface area (Å²) in [7, 11) is 0. The van der Waals surface area contributed by atoms with E-state index in [1.807, 2.05) is 11.3 Å². The zero-order valence-electron chi connectivity index (χ0n) is 14.3. The largest absolute Gasteiger partial charge is 0.312 e. The predicted octanol–water partition coefficient (Wildman–Crippen LogP) is 6.92. The summed E-state index contributed by atoms with van der Waals surface area (Å²) in [5, 5.41) is 6.99. The molecule has 0 aliphatic heterocycles. The first kappa shape index (κ1) is 13.7. The third kappa shape index (κ3) is 1.50. The SMILES string of the molecule is CCc1c(C)c2cccc3c4c5sc6ccccc6c5ccc4n1c23. The Morgan fingerprint density at radius 3 is 2.52 bits per heavy atom. The van der Waals surface area contributed by atoms with Gasteiger partial charge in [0.25, 0.3) is 0 Å². The van der Waals surface area contributed by atoms with Gasteiger partial charge in [0.15, 0.2) is 0 Å². The van der Waals surface area contributed by atoms with E-state index < -0.39 is 0 Å². The molecule has 6 aromatic rings. The van der Waals surface area contributed by atoms with Crippen LogP contribution in [0, 0.1) is 6.92 Å². The van der Waals surface area contributed by atoms with E-state index in [2.05, 4.69) is 72.8 Å². The lowest BCUT2D eigenvalue weighted by molar-refractivity contribution is 1.01. The van der Waals surface area contributed by atoms with Gasteiger partial charge in [-0.2, -0.15) is 0 Å². The minimum absolute atomic E-state index is 1.06. The van der Waals surface area contributed by atoms with Crippen LogP contribution in [0.5, 0.6) is 0 Å². The Morgan fingerprint density at radius 2 is 1.64 bits per heavy atom. The van der Waals surface area contributed by atoms with E-state index in [0.717, 1.165) is 6.42 Å². The van der Waals surface area contributed by atoms with Crippen LogP contribution in [-0.2, 0) is 6.42 Å². The quantitative estimate of drug-likeness (QED) is 0.306. The monoisotopic (exact) mass is 339 g/mol. The van der Waals surface area contributed by atoms with Crippen LogP contribution in [0.15, 0.2) is 54.6 Å². The Labute approximate surface area is 149 Å². The predicted molar refractivity (Wildman–Crippen MR) is 111 cm³/mol. The molecular weight excluding hydrogens is 322 g/mol. The first-order valence-electron chi connectivity index (χ1n) is 8.87. The average molecular weight is 339 g/mol. The molecule has 1 nitrogen and oxygen atoms in total. The van der Waals surface area contributed by atoms with Crippen molar-refractivity contribution in [3.8, 4) is 0 Å². The van der Waals surface area contributed by atoms with Gasteiger partial charge in [0, 0.05) is 42.0 Å². The van der Waals surface area contributed by atoms with Crippen molar-refractivity contribution in [1.29, 1.82) is 0 Å². The summed E-state index contributed by atoms with van der Waals surface area (Å²) in [6, 6.07) is 20.2. The van der Waals surface area contributed by atoms with Gasteiger partial charge in [-0.05, 0) is 31.0 Å². The lowest BCUT2D eigenvalue weighted by Gasteiger charge is -2.02. The molecular formula is C23H17NS. The summed E-state index contributed by atoms with van der Waals surface area (Å²) in [5.74, 6) is 0. The van der Waals surface area contributed by atoms with E-state index in [1.54, 1.807) is 0 Å². The molecule has 3 aromatic carbocycles. The summed E-state index contributed by atoms with van der Waals surface area (Å²) in [4.78, 5) is 0. The van der Waals surface area contributed by atoms with Crippen molar-refractivity contribution < 1.29 is 0 Å². The van der Waals surface area contributed by atoms with Crippen LogP contribution in [0.3, 0.4) is 0 Å². The van der Waals surface area contributed by atoms with Crippen LogP contribution in [0.1, 0.15) is 18.2 Å². The molecule has 0 aliphatic rings. The molecule has 0 radical (unpaired) electrons. The number of benzene rings is 3. The molecule has 0 bridgehead atoms. The number of hydrogen-bond acceptors (Lipinski definition) is 1. The molecule has 3 heterocycles. The fourth-order valence-electron chi connectivity index (χ4n) is 4.66. The van der Waals surface area contributed by atoms with Gasteiger partial charge >= 0.3 is 0 Å². The highest BCUT2D eigenvalue weighted by Gasteiger charge is 2.20. The van der Waals surface area contributed by atoms with Crippen molar-refractivity contribution >= 4 is 58.7 Å². The number of thiophene rings is 1. The summed E-state index contributed by atoms with van der Waals surface area (Å²) in [5.41, 5.74) is 5.63. The van der Waals surface area contributed by atoms with Gasteiger partial charge in [-0.15, -0.1) is 11.3 Å². The maximum absolute atomic E-state index is 2.51. The van der Waals surface area contributed by atoms with Gasteiger partial charge in [0.1, 0.15) is 0 Å². The van der Waals surface area contributed by atoms with Crippen molar-refractivity contribution in [2.45, 2.75) is 20.3 Å². The van der Waals surface area contributed by atoms with Crippen LogP contribution in [0.2, 0.25) is 0 Å². The lowest BCUT2D eigenvalue weighted by Crippen LogP contribution is -1.90. The van der Waals surface area contributed by atoms with Gasteiger partial charge in [-0.3, -0.25) is 0 Å². The van der Waals surface area contributed by atoms with Crippen LogP contribution < -0.4 is 0 Å². The smallest absolute Gasteiger partial charge is 0.0614 e. The number of aromatic nitrogens is 1. The molecule has 0 spiro atoms. The summed E-state index contributed by atoms with van der Waals surface area (Å²) >= 11 is 1.93. The van der Waals surface area contributed by atoms with Crippen molar-refractivity contribution in [1.82, 2.24) is 4.40 Å². The number of fused-ring (bicyclic) bond motifs is 7. The van der Waals surface area contributed by atoms with E-state index in [0.29, 0.717) is 0 Å². The van der Waals surface area contributed by atoms with E-state index in [1.165, 1.54) is 58.6 Å². The van der Waals surface area contributed by atoms with Crippen LogP contribution in [0.4, 0.5) is 0 Å². The topological polar surface area (TPSA) is 4.41 Å². The molecule has 120 valence electrons. The Balaban J connectivity index is 1.98. The minimum Gasteiger partial charge on any atom is -0.312 e. The number of para-hydroxylation sites is 1. The molecule has 2 heteroatoms. The fourth-order valence-corrected chi connectivity index (χ4v) is 5.92. The Bertz CT molecular complexity index is 1430. The maximum Gasteiger partial charge on any atom is 0.0614 e. The highest BCUT2D eigenvalue weighted by molar-refractivity contribution is 7.26.